The lowest BCUT2D eigenvalue weighted by Crippen LogP contribution is -2.15. The SMILES string of the molecule is CCC(C)c1ccc(OCC2CCNC2)c(Br)c1. The van der Waals surface area contributed by atoms with E-state index in [1.54, 1.807) is 0 Å². The molecular formula is C15H22BrNO. The zero-order chi connectivity index (χ0) is 13.0. The Morgan fingerprint density at radius 1 is 1.50 bits per heavy atom. The van der Waals surface area contributed by atoms with Crippen LogP contribution in [-0.2, 0) is 0 Å². The Kier molecular flexibility index (Phi) is 5.07. The lowest BCUT2D eigenvalue weighted by molar-refractivity contribution is 0.258. The van der Waals surface area contributed by atoms with Crippen molar-refractivity contribution in [2.75, 3.05) is 19.7 Å². The molecule has 18 heavy (non-hydrogen) atoms. The van der Waals surface area contributed by atoms with Gasteiger partial charge >= 0.3 is 0 Å². The van der Waals surface area contributed by atoms with Crippen molar-refractivity contribution in [3.63, 3.8) is 0 Å². The molecule has 3 heteroatoms. The van der Waals surface area contributed by atoms with E-state index in [4.69, 9.17) is 4.74 Å². The van der Waals surface area contributed by atoms with Crippen LogP contribution in [0.15, 0.2) is 22.7 Å². The van der Waals surface area contributed by atoms with Gasteiger partial charge in [0.15, 0.2) is 0 Å². The first-order valence-corrected chi connectivity index (χ1v) is 7.63. The fourth-order valence-corrected chi connectivity index (χ4v) is 2.75. The lowest BCUT2D eigenvalue weighted by atomic mass is 9.99. The third kappa shape index (κ3) is 3.48. The van der Waals surface area contributed by atoms with E-state index < -0.39 is 0 Å². The maximum absolute atomic E-state index is 5.90. The molecular weight excluding hydrogens is 290 g/mol. The van der Waals surface area contributed by atoms with Crippen LogP contribution >= 0.6 is 15.9 Å². The predicted octanol–water partition coefficient (Wildman–Crippen LogP) is 3.95. The summed E-state index contributed by atoms with van der Waals surface area (Å²) in [5.74, 6) is 2.23. The minimum Gasteiger partial charge on any atom is -0.492 e. The minimum atomic E-state index is 0.606. The van der Waals surface area contributed by atoms with Gasteiger partial charge in [-0.05, 0) is 58.9 Å². The molecule has 2 nitrogen and oxygen atoms in total. The standard InChI is InChI=1S/C15H22BrNO/c1-3-11(2)13-4-5-15(14(16)8-13)18-10-12-6-7-17-9-12/h4-5,8,11-12,17H,3,6-7,9-10H2,1-2H3. The molecule has 1 fully saturated rings. The van der Waals surface area contributed by atoms with Crippen LogP contribution in [0.5, 0.6) is 5.75 Å². The van der Waals surface area contributed by atoms with E-state index in [1.165, 1.54) is 18.4 Å². The first-order chi connectivity index (χ1) is 8.70. The third-order valence-electron chi connectivity index (χ3n) is 3.77. The fourth-order valence-electron chi connectivity index (χ4n) is 2.24. The van der Waals surface area contributed by atoms with Crippen LogP contribution in [-0.4, -0.2) is 19.7 Å². The molecule has 2 rings (SSSR count). The molecule has 1 heterocycles. The van der Waals surface area contributed by atoms with Gasteiger partial charge in [0.1, 0.15) is 5.75 Å². The lowest BCUT2D eigenvalue weighted by Gasteiger charge is -2.15. The Morgan fingerprint density at radius 2 is 2.33 bits per heavy atom. The largest absolute Gasteiger partial charge is 0.492 e. The fraction of sp³-hybridized carbons (Fsp3) is 0.600. The van der Waals surface area contributed by atoms with Gasteiger partial charge in [-0.2, -0.15) is 0 Å². The summed E-state index contributed by atoms with van der Waals surface area (Å²) in [5.41, 5.74) is 1.37. The van der Waals surface area contributed by atoms with E-state index in [0.29, 0.717) is 11.8 Å². The monoisotopic (exact) mass is 311 g/mol. The zero-order valence-corrected chi connectivity index (χ0v) is 12.8. The van der Waals surface area contributed by atoms with Gasteiger partial charge in [0.2, 0.25) is 0 Å². The van der Waals surface area contributed by atoms with Gasteiger partial charge in [-0.1, -0.05) is 19.9 Å². The molecule has 0 saturated carbocycles. The number of nitrogens with one attached hydrogen (secondary N) is 1. The minimum absolute atomic E-state index is 0.606. The summed E-state index contributed by atoms with van der Waals surface area (Å²) < 4.78 is 6.98. The van der Waals surface area contributed by atoms with Crippen LogP contribution < -0.4 is 10.1 Å². The summed E-state index contributed by atoms with van der Waals surface area (Å²) in [5, 5.41) is 3.36. The van der Waals surface area contributed by atoms with Gasteiger partial charge < -0.3 is 10.1 Å². The van der Waals surface area contributed by atoms with Gasteiger partial charge in [0.05, 0.1) is 11.1 Å². The summed E-state index contributed by atoms with van der Waals surface area (Å²) in [6.07, 6.45) is 2.39. The molecule has 2 unspecified atom stereocenters. The van der Waals surface area contributed by atoms with Gasteiger partial charge in [-0.3, -0.25) is 0 Å². The molecule has 1 aliphatic heterocycles. The number of hydrogen-bond acceptors (Lipinski definition) is 2. The second kappa shape index (κ2) is 6.58. The number of rotatable bonds is 5. The Hall–Kier alpha value is -0.540. The average Bonchev–Trinajstić information content (AvgIpc) is 2.89. The summed E-state index contributed by atoms with van der Waals surface area (Å²) in [7, 11) is 0. The highest BCUT2D eigenvalue weighted by molar-refractivity contribution is 9.10. The van der Waals surface area contributed by atoms with E-state index in [9.17, 15) is 0 Å². The number of ether oxygens (including phenoxy) is 1. The average molecular weight is 312 g/mol. The van der Waals surface area contributed by atoms with E-state index in [1.807, 2.05) is 0 Å². The molecule has 1 aromatic rings. The molecule has 0 bridgehead atoms. The summed E-state index contributed by atoms with van der Waals surface area (Å²) in [6, 6.07) is 6.46. The highest BCUT2D eigenvalue weighted by Crippen LogP contribution is 2.30. The zero-order valence-electron chi connectivity index (χ0n) is 11.2. The smallest absolute Gasteiger partial charge is 0.133 e. The number of halogens is 1. The van der Waals surface area contributed by atoms with Gasteiger partial charge in [0, 0.05) is 12.5 Å². The molecule has 1 saturated heterocycles. The summed E-state index contributed by atoms with van der Waals surface area (Å²) in [6.45, 7) is 7.50. The molecule has 0 spiro atoms. The predicted molar refractivity (Wildman–Crippen MR) is 79.3 cm³/mol. The molecule has 0 aromatic heterocycles. The van der Waals surface area contributed by atoms with E-state index >= 15 is 0 Å². The summed E-state index contributed by atoms with van der Waals surface area (Å²) in [4.78, 5) is 0. The normalized spacial score (nSPS) is 20.9. The topological polar surface area (TPSA) is 21.3 Å². The van der Waals surface area contributed by atoms with Crippen molar-refractivity contribution in [3.8, 4) is 5.75 Å². The van der Waals surface area contributed by atoms with Crippen molar-refractivity contribution in [3.05, 3.63) is 28.2 Å². The molecule has 0 amide bonds. The first kappa shape index (κ1) is 13.9. The highest BCUT2D eigenvalue weighted by Gasteiger charge is 2.15. The van der Waals surface area contributed by atoms with Crippen LogP contribution in [0.2, 0.25) is 0 Å². The third-order valence-corrected chi connectivity index (χ3v) is 4.39. The van der Waals surface area contributed by atoms with Crippen LogP contribution in [0.4, 0.5) is 0 Å². The molecule has 0 aliphatic carbocycles. The Labute approximate surface area is 118 Å². The second-order valence-electron chi connectivity index (χ2n) is 5.17. The van der Waals surface area contributed by atoms with E-state index in [2.05, 4.69) is 53.3 Å². The molecule has 1 aliphatic rings. The van der Waals surface area contributed by atoms with E-state index in [0.717, 1.165) is 29.9 Å². The van der Waals surface area contributed by atoms with Crippen LogP contribution in [0.3, 0.4) is 0 Å². The maximum Gasteiger partial charge on any atom is 0.133 e. The van der Waals surface area contributed by atoms with Crippen molar-refractivity contribution in [2.45, 2.75) is 32.6 Å². The van der Waals surface area contributed by atoms with Crippen molar-refractivity contribution in [1.29, 1.82) is 0 Å². The molecule has 0 radical (unpaired) electrons. The molecule has 2 atom stereocenters. The van der Waals surface area contributed by atoms with Gasteiger partial charge in [-0.15, -0.1) is 0 Å². The van der Waals surface area contributed by atoms with Crippen LogP contribution in [0, 0.1) is 5.92 Å². The quantitative estimate of drug-likeness (QED) is 0.889. The van der Waals surface area contributed by atoms with E-state index in [-0.39, 0.29) is 0 Å². The Balaban J connectivity index is 1.96. The van der Waals surface area contributed by atoms with Crippen molar-refractivity contribution in [2.24, 2.45) is 5.92 Å². The molecule has 1 N–H and O–H groups in total. The molecule has 100 valence electrons. The highest BCUT2D eigenvalue weighted by atomic mass is 79.9. The maximum atomic E-state index is 5.90. The number of benzene rings is 1. The van der Waals surface area contributed by atoms with Crippen molar-refractivity contribution < 1.29 is 4.74 Å². The Bertz CT molecular complexity index is 388. The second-order valence-corrected chi connectivity index (χ2v) is 6.02. The Morgan fingerprint density at radius 3 is 2.94 bits per heavy atom. The van der Waals surface area contributed by atoms with Crippen molar-refractivity contribution >= 4 is 15.9 Å². The van der Waals surface area contributed by atoms with Gasteiger partial charge in [0.25, 0.3) is 0 Å². The van der Waals surface area contributed by atoms with Crippen molar-refractivity contribution in [1.82, 2.24) is 5.32 Å². The van der Waals surface area contributed by atoms with Crippen LogP contribution in [0.1, 0.15) is 38.2 Å². The van der Waals surface area contributed by atoms with Crippen LogP contribution in [0.25, 0.3) is 0 Å². The van der Waals surface area contributed by atoms with Gasteiger partial charge in [-0.25, -0.2) is 0 Å². The molecule has 1 aromatic carbocycles. The first-order valence-electron chi connectivity index (χ1n) is 6.83. The number of hydrogen-bond donors (Lipinski definition) is 1. The summed E-state index contributed by atoms with van der Waals surface area (Å²) >= 11 is 3.61.